The Morgan fingerprint density at radius 1 is 1.26 bits per heavy atom. The van der Waals surface area contributed by atoms with Gasteiger partial charge in [-0.3, -0.25) is 4.79 Å². The molecule has 34 heavy (non-hydrogen) atoms. The number of aliphatic hydroxyl groups excluding tert-OH is 1. The van der Waals surface area contributed by atoms with Crippen LogP contribution in [-0.2, 0) is 16.0 Å². The summed E-state index contributed by atoms with van der Waals surface area (Å²) in [5, 5.41) is 21.7. The molecular weight excluding hydrogens is 428 g/mol. The lowest BCUT2D eigenvalue weighted by molar-refractivity contribution is -0.152. The van der Waals surface area contributed by atoms with E-state index in [1.54, 1.807) is 12.1 Å². The largest absolute Gasteiger partial charge is 0.508 e. The molecule has 1 aromatic rings. The molecule has 1 aliphatic carbocycles. The van der Waals surface area contributed by atoms with Gasteiger partial charge in [-0.15, -0.1) is 0 Å². The first kappa shape index (κ1) is 26.1. The van der Waals surface area contributed by atoms with Gasteiger partial charge in [0.05, 0.1) is 13.0 Å². The molecule has 0 amide bonds. The Labute approximate surface area is 204 Å². The minimum absolute atomic E-state index is 0.0985. The Morgan fingerprint density at radius 2 is 1.97 bits per heavy atom. The van der Waals surface area contributed by atoms with E-state index >= 15 is 0 Å². The fourth-order valence-corrected chi connectivity index (χ4v) is 5.16. The van der Waals surface area contributed by atoms with Crippen molar-refractivity contribution in [1.82, 2.24) is 0 Å². The summed E-state index contributed by atoms with van der Waals surface area (Å²) in [6, 6.07) is 3.31. The second-order valence-electron chi connectivity index (χ2n) is 10.5. The molecule has 2 N–H and O–H groups in total. The highest BCUT2D eigenvalue weighted by molar-refractivity contribution is 5.81. The molecule has 0 saturated carbocycles. The van der Waals surface area contributed by atoms with Gasteiger partial charge in [0.25, 0.3) is 0 Å². The topological polar surface area (TPSA) is 76.0 Å². The Kier molecular flexibility index (Phi) is 7.97. The van der Waals surface area contributed by atoms with Crippen LogP contribution in [0.15, 0.2) is 47.1 Å². The molecule has 0 bridgehead atoms. The molecule has 186 valence electrons. The number of aromatic hydroxyl groups is 1. The molecule has 5 nitrogen and oxygen atoms in total. The van der Waals surface area contributed by atoms with E-state index in [9.17, 15) is 15.0 Å². The van der Waals surface area contributed by atoms with Crippen LogP contribution in [0.2, 0.25) is 0 Å². The first-order chi connectivity index (χ1) is 16.0. The van der Waals surface area contributed by atoms with Gasteiger partial charge in [0, 0.05) is 17.0 Å². The van der Waals surface area contributed by atoms with Crippen molar-refractivity contribution in [2.24, 2.45) is 11.8 Å². The Morgan fingerprint density at radius 3 is 2.59 bits per heavy atom. The molecule has 0 radical (unpaired) electrons. The summed E-state index contributed by atoms with van der Waals surface area (Å²) >= 11 is 0. The van der Waals surface area contributed by atoms with Crippen molar-refractivity contribution in [3.63, 3.8) is 0 Å². The average molecular weight is 469 g/mol. The molecule has 1 aromatic carbocycles. The summed E-state index contributed by atoms with van der Waals surface area (Å²) < 4.78 is 11.8. The summed E-state index contributed by atoms with van der Waals surface area (Å²) in [6.45, 7) is 12.4. The number of rotatable bonds is 7. The van der Waals surface area contributed by atoms with Gasteiger partial charge in [0.1, 0.15) is 23.2 Å². The van der Waals surface area contributed by atoms with Gasteiger partial charge in [-0.25, -0.2) is 0 Å². The summed E-state index contributed by atoms with van der Waals surface area (Å²) in [7, 11) is 1.38. The van der Waals surface area contributed by atoms with Crippen LogP contribution in [0.4, 0.5) is 0 Å². The van der Waals surface area contributed by atoms with E-state index in [1.807, 2.05) is 13.0 Å². The number of methoxy groups -OCH3 is 1. The number of fused-ring (bicyclic) bond motifs is 2. The molecule has 0 saturated heterocycles. The lowest BCUT2D eigenvalue weighted by Crippen LogP contribution is -2.58. The van der Waals surface area contributed by atoms with Crippen LogP contribution in [-0.4, -0.2) is 35.0 Å². The number of phenolic OH excluding ortho intramolecular Hbond substituents is 1. The van der Waals surface area contributed by atoms with E-state index in [4.69, 9.17) is 9.47 Å². The smallest absolute Gasteiger partial charge is 0.313 e. The molecule has 1 heterocycles. The molecule has 2 aliphatic rings. The van der Waals surface area contributed by atoms with Crippen LogP contribution in [0.25, 0.3) is 0 Å². The Hall–Kier alpha value is -2.53. The van der Waals surface area contributed by atoms with Gasteiger partial charge in [-0.1, -0.05) is 48.8 Å². The minimum Gasteiger partial charge on any atom is -0.508 e. The number of hydrogen-bond donors (Lipinski definition) is 2. The highest BCUT2D eigenvalue weighted by atomic mass is 16.5. The van der Waals surface area contributed by atoms with Crippen molar-refractivity contribution in [3.8, 4) is 11.5 Å². The van der Waals surface area contributed by atoms with Crippen LogP contribution in [0.3, 0.4) is 0 Å². The van der Waals surface area contributed by atoms with Crippen molar-refractivity contribution >= 4 is 5.97 Å². The van der Waals surface area contributed by atoms with Crippen molar-refractivity contribution in [2.45, 2.75) is 84.8 Å². The van der Waals surface area contributed by atoms with Gasteiger partial charge in [-0.2, -0.15) is 0 Å². The highest BCUT2D eigenvalue weighted by Gasteiger charge is 2.55. The molecule has 3 rings (SSSR count). The number of esters is 1. The Balaban J connectivity index is 2.04. The fraction of sp³-hybridized carbons (Fsp3) is 0.552. The normalized spacial score (nSPS) is 26.2. The predicted octanol–water partition coefficient (Wildman–Crippen LogP) is 6.00. The number of ether oxygens (including phenoxy) is 2. The Bertz CT molecular complexity index is 1010. The minimum atomic E-state index is -0.974. The predicted molar refractivity (Wildman–Crippen MR) is 135 cm³/mol. The van der Waals surface area contributed by atoms with E-state index in [0.29, 0.717) is 24.2 Å². The van der Waals surface area contributed by atoms with Crippen molar-refractivity contribution < 1.29 is 24.5 Å². The monoisotopic (exact) mass is 468 g/mol. The van der Waals surface area contributed by atoms with Gasteiger partial charge in [0.2, 0.25) is 0 Å². The van der Waals surface area contributed by atoms with Crippen LogP contribution >= 0.6 is 0 Å². The molecule has 0 unspecified atom stereocenters. The van der Waals surface area contributed by atoms with Gasteiger partial charge >= 0.3 is 5.97 Å². The maximum atomic E-state index is 13.1. The maximum absolute atomic E-state index is 13.1. The van der Waals surface area contributed by atoms with Crippen LogP contribution in [0, 0.1) is 11.8 Å². The molecule has 0 spiro atoms. The van der Waals surface area contributed by atoms with Crippen molar-refractivity contribution in [2.75, 3.05) is 7.11 Å². The number of allylic oxidation sites excluding steroid dienone is 5. The third-order valence-electron chi connectivity index (χ3n) is 7.35. The van der Waals surface area contributed by atoms with E-state index in [1.165, 1.54) is 18.3 Å². The molecule has 0 fully saturated rings. The number of carbonyl (C=O) groups excluding carboxylic acids is 1. The van der Waals surface area contributed by atoms with E-state index in [0.717, 1.165) is 24.0 Å². The third kappa shape index (κ3) is 5.25. The summed E-state index contributed by atoms with van der Waals surface area (Å²) in [4.78, 5) is 13.1. The second kappa shape index (κ2) is 10.4. The zero-order chi connectivity index (χ0) is 25.2. The summed E-state index contributed by atoms with van der Waals surface area (Å²) in [5.74, 6) is -0.395. The van der Waals surface area contributed by atoms with E-state index in [-0.39, 0.29) is 23.6 Å². The van der Waals surface area contributed by atoms with E-state index in [2.05, 4.69) is 46.8 Å². The number of carbonyl (C=O) groups is 1. The summed E-state index contributed by atoms with van der Waals surface area (Å²) in [6.07, 6.45) is 8.53. The van der Waals surface area contributed by atoms with Crippen LogP contribution < -0.4 is 4.74 Å². The molecule has 1 aliphatic heterocycles. The zero-order valence-corrected chi connectivity index (χ0v) is 21.6. The van der Waals surface area contributed by atoms with Crippen molar-refractivity contribution in [3.05, 3.63) is 58.2 Å². The van der Waals surface area contributed by atoms with Crippen LogP contribution in [0.5, 0.6) is 11.5 Å². The molecule has 4 atom stereocenters. The number of phenols is 1. The molecular formula is C29H40O5. The average Bonchev–Trinajstić information content (AvgIpc) is 2.76. The summed E-state index contributed by atoms with van der Waals surface area (Å²) in [5.41, 5.74) is 4.12. The standard InChI is InChI=1S/C29H40O5/c1-17(2)9-8-10-19(5)11-12-20-13-22(30)16-23-26(28(32)33-7)24-14-21(18(3)4)15-25(31)29(24,6)34-27(20)23/h9,11,13,15-16,18,24-26,30-31H,8,10,12,14H2,1-7H3/b19-11+/t24-,25-,26-,29+/m0/s1. The SMILES string of the molecule is COC(=O)[C@H]1c2cc(O)cc(C/C=C(\C)CCC=C(C)C)c2O[C@@]2(C)[C@@H](O)C=C(C(C)C)C[C@@H]12. The second-order valence-corrected chi connectivity index (χ2v) is 10.5. The molecule has 0 aromatic heterocycles. The van der Waals surface area contributed by atoms with Gasteiger partial charge in [-0.05, 0) is 71.4 Å². The maximum Gasteiger partial charge on any atom is 0.313 e. The number of hydrogen-bond acceptors (Lipinski definition) is 5. The van der Waals surface area contributed by atoms with Crippen molar-refractivity contribution in [1.29, 1.82) is 0 Å². The van der Waals surface area contributed by atoms with Crippen LogP contribution in [0.1, 0.15) is 77.8 Å². The highest BCUT2D eigenvalue weighted by Crippen LogP contribution is 2.54. The fourth-order valence-electron chi connectivity index (χ4n) is 5.16. The third-order valence-corrected chi connectivity index (χ3v) is 7.35. The number of benzene rings is 1. The van der Waals surface area contributed by atoms with E-state index < -0.39 is 17.6 Å². The first-order valence-corrected chi connectivity index (χ1v) is 12.3. The lowest BCUT2D eigenvalue weighted by atomic mass is 9.64. The first-order valence-electron chi connectivity index (χ1n) is 12.3. The quantitative estimate of drug-likeness (QED) is 0.379. The zero-order valence-electron chi connectivity index (χ0n) is 21.6. The van der Waals surface area contributed by atoms with Gasteiger partial charge in [0.15, 0.2) is 0 Å². The lowest BCUT2D eigenvalue weighted by Gasteiger charge is -2.51. The number of aliphatic hydroxyl groups is 1. The molecule has 5 heteroatoms. The van der Waals surface area contributed by atoms with Gasteiger partial charge < -0.3 is 19.7 Å².